The van der Waals surface area contributed by atoms with Crippen LogP contribution in [0.5, 0.6) is 0 Å². The third-order valence-corrected chi connectivity index (χ3v) is 2.77. The van der Waals surface area contributed by atoms with Gasteiger partial charge in [-0.2, -0.15) is 18.4 Å². The van der Waals surface area contributed by atoms with Crippen LogP contribution in [0.25, 0.3) is 0 Å². The Hall–Kier alpha value is -0.760. The number of hydrogen-bond acceptors (Lipinski definition) is 2. The molecule has 1 aliphatic carbocycles. The van der Waals surface area contributed by atoms with E-state index < -0.39 is 17.7 Å². The molecular weight excluding hydrogens is 195 g/mol. The van der Waals surface area contributed by atoms with Gasteiger partial charge in [0.2, 0.25) is 0 Å². The Morgan fingerprint density at radius 1 is 1.50 bits per heavy atom. The summed E-state index contributed by atoms with van der Waals surface area (Å²) in [5, 5.41) is 8.78. The van der Waals surface area contributed by atoms with Crippen molar-refractivity contribution in [1.82, 2.24) is 0 Å². The molecular formula is C9H12F3NO. The van der Waals surface area contributed by atoms with Crippen LogP contribution in [-0.4, -0.2) is 18.9 Å². The summed E-state index contributed by atoms with van der Waals surface area (Å²) in [5.74, 6) is -1.39. The molecule has 0 aromatic rings. The summed E-state index contributed by atoms with van der Waals surface area (Å²) < 4.78 is 42.1. The quantitative estimate of drug-likeness (QED) is 0.662. The van der Waals surface area contributed by atoms with Gasteiger partial charge in [-0.25, -0.2) is 0 Å². The van der Waals surface area contributed by atoms with Gasteiger partial charge in [0.25, 0.3) is 0 Å². The number of halogens is 3. The van der Waals surface area contributed by atoms with Gasteiger partial charge in [0.05, 0.1) is 12.0 Å². The first-order valence-corrected chi connectivity index (χ1v) is 4.47. The van der Waals surface area contributed by atoms with Crippen LogP contribution in [0.15, 0.2) is 0 Å². The van der Waals surface area contributed by atoms with Crippen LogP contribution < -0.4 is 0 Å². The minimum absolute atomic E-state index is 0.107. The minimum Gasteiger partial charge on any atom is -0.363 e. The van der Waals surface area contributed by atoms with Gasteiger partial charge in [-0.1, -0.05) is 0 Å². The molecule has 0 aliphatic heterocycles. The van der Waals surface area contributed by atoms with Crippen molar-refractivity contribution in [3.63, 3.8) is 0 Å². The second-order valence-electron chi connectivity index (χ2n) is 3.65. The molecule has 1 saturated carbocycles. The molecule has 0 bridgehead atoms. The fraction of sp³-hybridized carbons (Fsp3) is 0.889. The zero-order valence-corrected chi connectivity index (χ0v) is 7.90. The maximum Gasteiger partial charge on any atom is 0.391 e. The van der Waals surface area contributed by atoms with Crippen LogP contribution in [0.3, 0.4) is 0 Å². The summed E-state index contributed by atoms with van der Waals surface area (Å²) in [7, 11) is 1.29. The first-order chi connectivity index (χ1) is 6.43. The van der Waals surface area contributed by atoms with E-state index in [1.807, 2.05) is 6.07 Å². The Balaban J connectivity index is 2.74. The van der Waals surface area contributed by atoms with Crippen LogP contribution in [0, 0.1) is 17.2 Å². The molecule has 0 aromatic carbocycles. The van der Waals surface area contributed by atoms with Gasteiger partial charge in [0.15, 0.2) is 5.60 Å². The highest BCUT2D eigenvalue weighted by molar-refractivity contribution is 5.05. The third-order valence-electron chi connectivity index (χ3n) is 2.77. The number of nitriles is 1. The Morgan fingerprint density at radius 3 is 2.57 bits per heavy atom. The van der Waals surface area contributed by atoms with Crippen LogP contribution in [0.1, 0.15) is 25.7 Å². The van der Waals surface area contributed by atoms with E-state index in [0.29, 0.717) is 12.8 Å². The van der Waals surface area contributed by atoms with Crippen molar-refractivity contribution in [3.05, 3.63) is 0 Å². The van der Waals surface area contributed by atoms with E-state index in [1.165, 1.54) is 7.11 Å². The highest BCUT2D eigenvalue weighted by atomic mass is 19.4. The molecule has 80 valence electrons. The van der Waals surface area contributed by atoms with Gasteiger partial charge in [-0.05, 0) is 19.3 Å². The van der Waals surface area contributed by atoms with Crippen LogP contribution in [0.4, 0.5) is 13.2 Å². The van der Waals surface area contributed by atoms with Gasteiger partial charge >= 0.3 is 6.18 Å². The van der Waals surface area contributed by atoms with Crippen molar-refractivity contribution < 1.29 is 17.9 Å². The van der Waals surface area contributed by atoms with E-state index in [0.717, 1.165) is 0 Å². The lowest BCUT2D eigenvalue weighted by molar-refractivity contribution is -0.197. The lowest BCUT2D eigenvalue weighted by Gasteiger charge is -2.35. The Bertz CT molecular complexity index is 245. The molecule has 2 unspecified atom stereocenters. The topological polar surface area (TPSA) is 33.0 Å². The van der Waals surface area contributed by atoms with Gasteiger partial charge in [0.1, 0.15) is 0 Å². The zero-order valence-electron chi connectivity index (χ0n) is 7.90. The number of rotatable bonds is 1. The molecule has 0 amide bonds. The molecule has 2 nitrogen and oxygen atoms in total. The molecule has 1 rings (SSSR count). The molecule has 1 fully saturated rings. The fourth-order valence-electron chi connectivity index (χ4n) is 1.85. The summed E-state index contributed by atoms with van der Waals surface area (Å²) >= 11 is 0. The smallest absolute Gasteiger partial charge is 0.363 e. The normalized spacial score (nSPS) is 33.8. The van der Waals surface area contributed by atoms with Crippen molar-refractivity contribution in [2.45, 2.75) is 37.5 Å². The summed E-state index contributed by atoms with van der Waals surface area (Å²) in [4.78, 5) is 0. The largest absolute Gasteiger partial charge is 0.391 e. The average molecular weight is 207 g/mol. The molecule has 0 radical (unpaired) electrons. The number of ether oxygens (including phenoxy) is 1. The van der Waals surface area contributed by atoms with E-state index in [2.05, 4.69) is 0 Å². The van der Waals surface area contributed by atoms with E-state index in [4.69, 9.17) is 10.00 Å². The van der Waals surface area contributed by atoms with Crippen molar-refractivity contribution in [2.24, 2.45) is 5.92 Å². The first-order valence-electron chi connectivity index (χ1n) is 4.47. The second-order valence-corrected chi connectivity index (χ2v) is 3.65. The summed E-state index contributed by atoms with van der Waals surface area (Å²) in [6.45, 7) is 0. The molecule has 2 atom stereocenters. The van der Waals surface area contributed by atoms with Crippen LogP contribution in [-0.2, 0) is 4.74 Å². The van der Waals surface area contributed by atoms with E-state index >= 15 is 0 Å². The third kappa shape index (κ3) is 2.18. The standard InChI is InChI=1S/C9H12F3NO/c1-14-8(6-13)4-2-3-7(5-8)9(10,11)12/h7H,2-5H2,1H3. The van der Waals surface area contributed by atoms with Crippen LogP contribution >= 0.6 is 0 Å². The van der Waals surface area contributed by atoms with Gasteiger partial charge in [0, 0.05) is 13.5 Å². The molecule has 0 N–H and O–H groups in total. The molecule has 14 heavy (non-hydrogen) atoms. The Labute approximate surface area is 80.7 Å². The summed E-state index contributed by atoms with van der Waals surface area (Å²) in [5.41, 5.74) is -1.22. The molecule has 0 heterocycles. The second kappa shape index (κ2) is 3.77. The van der Waals surface area contributed by atoms with Crippen molar-refractivity contribution >= 4 is 0 Å². The predicted octanol–water partition coefficient (Wildman–Crippen LogP) is 2.65. The van der Waals surface area contributed by atoms with E-state index in [9.17, 15) is 13.2 Å². The first kappa shape index (κ1) is 11.3. The van der Waals surface area contributed by atoms with E-state index in [1.54, 1.807) is 0 Å². The Kier molecular flexibility index (Phi) is 3.05. The van der Waals surface area contributed by atoms with Gasteiger partial charge in [-0.15, -0.1) is 0 Å². The van der Waals surface area contributed by atoms with Gasteiger partial charge < -0.3 is 4.74 Å². The van der Waals surface area contributed by atoms with Crippen molar-refractivity contribution in [2.75, 3.05) is 7.11 Å². The van der Waals surface area contributed by atoms with Crippen molar-refractivity contribution in [3.8, 4) is 6.07 Å². The Morgan fingerprint density at radius 2 is 2.14 bits per heavy atom. The molecule has 0 saturated heterocycles. The highest BCUT2D eigenvalue weighted by Gasteiger charge is 2.48. The predicted molar refractivity (Wildman–Crippen MR) is 43.4 cm³/mol. The van der Waals surface area contributed by atoms with Gasteiger partial charge in [-0.3, -0.25) is 0 Å². The zero-order chi connectivity index (χ0) is 10.8. The van der Waals surface area contributed by atoms with E-state index in [-0.39, 0.29) is 12.8 Å². The lowest BCUT2D eigenvalue weighted by atomic mass is 9.78. The monoisotopic (exact) mass is 207 g/mol. The average Bonchev–Trinajstić information content (AvgIpc) is 2.16. The molecule has 0 aromatic heterocycles. The molecule has 5 heteroatoms. The van der Waals surface area contributed by atoms with Crippen molar-refractivity contribution in [1.29, 1.82) is 5.26 Å². The number of nitrogens with zero attached hydrogens (tertiary/aromatic N) is 1. The number of hydrogen-bond donors (Lipinski definition) is 0. The summed E-state index contributed by atoms with van der Waals surface area (Å²) in [6.07, 6.45) is -3.54. The maximum absolute atomic E-state index is 12.4. The number of methoxy groups -OCH3 is 1. The highest BCUT2D eigenvalue weighted by Crippen LogP contribution is 2.42. The SMILES string of the molecule is COC1(C#N)CCCC(C(F)(F)F)C1. The van der Waals surface area contributed by atoms with Crippen LogP contribution in [0.2, 0.25) is 0 Å². The minimum atomic E-state index is -4.21. The fourth-order valence-corrected chi connectivity index (χ4v) is 1.85. The lowest BCUT2D eigenvalue weighted by Crippen LogP contribution is -2.40. The summed E-state index contributed by atoms with van der Waals surface area (Å²) in [6, 6.07) is 1.85. The molecule has 0 spiro atoms. The maximum atomic E-state index is 12.4. The number of alkyl halides is 3. The molecule has 1 aliphatic rings.